The van der Waals surface area contributed by atoms with Gasteiger partial charge in [0.1, 0.15) is 5.75 Å². The van der Waals surface area contributed by atoms with Gasteiger partial charge in [0, 0.05) is 12.6 Å². The second-order valence-electron chi connectivity index (χ2n) is 4.96. The van der Waals surface area contributed by atoms with Crippen LogP contribution in [0.5, 0.6) is 5.75 Å². The normalized spacial score (nSPS) is 12.2. The molecule has 0 aromatic heterocycles. The summed E-state index contributed by atoms with van der Waals surface area (Å²) in [6.45, 7) is 6.26. The molecule has 0 heterocycles. The second kappa shape index (κ2) is 8.55. The Bertz CT molecular complexity index is 394. The molecule has 1 atom stereocenters. The highest BCUT2D eigenvalue weighted by Gasteiger charge is 2.07. The highest BCUT2D eigenvalue weighted by atomic mass is 16.5. The van der Waals surface area contributed by atoms with Crippen LogP contribution in [0.4, 0.5) is 0 Å². The van der Waals surface area contributed by atoms with Gasteiger partial charge in [-0.15, -0.1) is 0 Å². The standard InChI is InChI=1S/C16H24N2O/c1-4-6-14(2)18(3)11-5-12-19-16-9-7-15(13-17)8-10-16/h7-10,14H,4-6,11-12H2,1-3H3. The van der Waals surface area contributed by atoms with Crippen LogP contribution in [0.1, 0.15) is 38.7 Å². The fourth-order valence-electron chi connectivity index (χ4n) is 1.99. The van der Waals surface area contributed by atoms with Crippen LogP contribution in [0.2, 0.25) is 0 Å². The van der Waals surface area contributed by atoms with Crippen LogP contribution < -0.4 is 4.74 Å². The largest absolute Gasteiger partial charge is 0.494 e. The molecule has 1 aromatic carbocycles. The average molecular weight is 260 g/mol. The minimum absolute atomic E-state index is 0.639. The Morgan fingerprint density at radius 2 is 2.00 bits per heavy atom. The van der Waals surface area contributed by atoms with E-state index in [4.69, 9.17) is 10.00 Å². The fourth-order valence-corrected chi connectivity index (χ4v) is 1.99. The molecule has 3 heteroatoms. The van der Waals surface area contributed by atoms with E-state index in [0.29, 0.717) is 11.6 Å². The van der Waals surface area contributed by atoms with Crippen LogP contribution in [0, 0.1) is 11.3 Å². The highest BCUT2D eigenvalue weighted by molar-refractivity contribution is 5.34. The topological polar surface area (TPSA) is 36.3 Å². The van der Waals surface area contributed by atoms with Crippen molar-refractivity contribution in [2.24, 2.45) is 0 Å². The molecule has 0 radical (unpaired) electrons. The van der Waals surface area contributed by atoms with Crippen LogP contribution in [0.15, 0.2) is 24.3 Å². The molecule has 0 aliphatic heterocycles. The third-order valence-electron chi connectivity index (χ3n) is 3.37. The van der Waals surface area contributed by atoms with Crippen molar-refractivity contribution >= 4 is 0 Å². The summed E-state index contributed by atoms with van der Waals surface area (Å²) in [6.07, 6.45) is 3.49. The monoisotopic (exact) mass is 260 g/mol. The summed E-state index contributed by atoms with van der Waals surface area (Å²) in [5.41, 5.74) is 0.667. The summed E-state index contributed by atoms with van der Waals surface area (Å²) in [4.78, 5) is 2.38. The zero-order valence-corrected chi connectivity index (χ0v) is 12.2. The molecule has 0 bridgehead atoms. The molecule has 0 saturated carbocycles. The second-order valence-corrected chi connectivity index (χ2v) is 4.96. The Kier molecular flexibility index (Phi) is 6.99. The third-order valence-corrected chi connectivity index (χ3v) is 3.37. The molecular formula is C16H24N2O. The van der Waals surface area contributed by atoms with Gasteiger partial charge >= 0.3 is 0 Å². The van der Waals surface area contributed by atoms with Gasteiger partial charge < -0.3 is 9.64 Å². The summed E-state index contributed by atoms with van der Waals surface area (Å²) in [6, 6.07) is 10.0. The zero-order chi connectivity index (χ0) is 14.1. The Morgan fingerprint density at radius 1 is 1.32 bits per heavy atom. The molecule has 1 rings (SSSR count). The van der Waals surface area contributed by atoms with Gasteiger partial charge in [-0.1, -0.05) is 13.3 Å². The van der Waals surface area contributed by atoms with E-state index in [-0.39, 0.29) is 0 Å². The van der Waals surface area contributed by atoms with Gasteiger partial charge in [0.2, 0.25) is 0 Å². The van der Waals surface area contributed by atoms with Gasteiger partial charge in [0.25, 0.3) is 0 Å². The number of hydrogen-bond donors (Lipinski definition) is 0. The lowest BCUT2D eigenvalue weighted by Crippen LogP contribution is -2.30. The first-order valence-electron chi connectivity index (χ1n) is 7.00. The van der Waals surface area contributed by atoms with Gasteiger partial charge in [-0.25, -0.2) is 0 Å². The van der Waals surface area contributed by atoms with Crippen molar-refractivity contribution in [2.75, 3.05) is 20.2 Å². The smallest absolute Gasteiger partial charge is 0.119 e. The SMILES string of the molecule is CCCC(C)N(C)CCCOc1ccc(C#N)cc1. The van der Waals surface area contributed by atoms with Crippen molar-refractivity contribution in [3.8, 4) is 11.8 Å². The number of nitriles is 1. The summed E-state index contributed by atoms with van der Waals surface area (Å²) in [5.74, 6) is 0.836. The molecule has 1 unspecified atom stereocenters. The van der Waals surface area contributed by atoms with Crippen molar-refractivity contribution in [1.29, 1.82) is 5.26 Å². The van der Waals surface area contributed by atoms with Crippen molar-refractivity contribution in [1.82, 2.24) is 4.90 Å². The van der Waals surface area contributed by atoms with E-state index < -0.39 is 0 Å². The molecule has 3 nitrogen and oxygen atoms in total. The van der Waals surface area contributed by atoms with Crippen molar-refractivity contribution < 1.29 is 4.74 Å². The Morgan fingerprint density at radius 3 is 2.58 bits per heavy atom. The number of benzene rings is 1. The first-order chi connectivity index (χ1) is 9.17. The molecule has 19 heavy (non-hydrogen) atoms. The van der Waals surface area contributed by atoms with E-state index in [0.717, 1.165) is 25.3 Å². The summed E-state index contributed by atoms with van der Waals surface area (Å²) >= 11 is 0. The number of nitrogens with zero attached hydrogens (tertiary/aromatic N) is 2. The van der Waals surface area contributed by atoms with Crippen molar-refractivity contribution in [2.45, 2.75) is 39.2 Å². The van der Waals surface area contributed by atoms with Gasteiger partial charge in [-0.3, -0.25) is 0 Å². The van der Waals surface area contributed by atoms with E-state index in [9.17, 15) is 0 Å². The lowest BCUT2D eigenvalue weighted by Gasteiger charge is -2.24. The molecule has 0 amide bonds. The van der Waals surface area contributed by atoms with Crippen LogP contribution in [0.25, 0.3) is 0 Å². The number of rotatable bonds is 8. The Hall–Kier alpha value is -1.53. The Labute approximate surface area is 116 Å². The van der Waals surface area contributed by atoms with Crippen molar-refractivity contribution in [3.05, 3.63) is 29.8 Å². The van der Waals surface area contributed by atoms with E-state index >= 15 is 0 Å². The first-order valence-corrected chi connectivity index (χ1v) is 7.00. The summed E-state index contributed by atoms with van der Waals surface area (Å²) in [7, 11) is 2.17. The average Bonchev–Trinajstić information content (AvgIpc) is 2.44. The zero-order valence-electron chi connectivity index (χ0n) is 12.2. The maximum atomic E-state index is 8.70. The molecule has 0 fully saturated rings. The van der Waals surface area contributed by atoms with Crippen molar-refractivity contribution in [3.63, 3.8) is 0 Å². The summed E-state index contributed by atoms with van der Waals surface area (Å²) in [5, 5.41) is 8.70. The van der Waals surface area contributed by atoms with E-state index in [1.165, 1.54) is 12.8 Å². The predicted octanol–water partition coefficient (Wildman–Crippen LogP) is 3.45. The van der Waals surface area contributed by atoms with E-state index in [1.54, 1.807) is 12.1 Å². The highest BCUT2D eigenvalue weighted by Crippen LogP contribution is 2.12. The molecule has 0 aliphatic carbocycles. The van der Waals surface area contributed by atoms with Gasteiger partial charge in [0.05, 0.1) is 18.2 Å². The number of ether oxygens (including phenoxy) is 1. The molecule has 0 saturated heterocycles. The minimum atomic E-state index is 0.639. The first kappa shape index (κ1) is 15.5. The van der Waals surface area contributed by atoms with E-state index in [1.807, 2.05) is 12.1 Å². The molecule has 0 spiro atoms. The van der Waals surface area contributed by atoms with Crippen LogP contribution in [-0.2, 0) is 0 Å². The molecule has 0 N–H and O–H groups in total. The third kappa shape index (κ3) is 5.76. The van der Waals surface area contributed by atoms with Crippen LogP contribution in [-0.4, -0.2) is 31.1 Å². The van der Waals surface area contributed by atoms with Crippen LogP contribution >= 0.6 is 0 Å². The minimum Gasteiger partial charge on any atom is -0.494 e. The maximum absolute atomic E-state index is 8.70. The fraction of sp³-hybridized carbons (Fsp3) is 0.562. The lowest BCUT2D eigenvalue weighted by atomic mass is 10.2. The molecule has 104 valence electrons. The maximum Gasteiger partial charge on any atom is 0.119 e. The number of hydrogen-bond acceptors (Lipinski definition) is 3. The molecule has 0 aliphatic rings. The molecule has 1 aromatic rings. The van der Waals surface area contributed by atoms with Gasteiger partial charge in [-0.2, -0.15) is 5.26 Å². The lowest BCUT2D eigenvalue weighted by molar-refractivity contribution is 0.216. The van der Waals surface area contributed by atoms with Crippen LogP contribution in [0.3, 0.4) is 0 Å². The van der Waals surface area contributed by atoms with E-state index in [2.05, 4.69) is 31.9 Å². The molecular weight excluding hydrogens is 236 g/mol. The van der Waals surface area contributed by atoms with Gasteiger partial charge in [-0.05, 0) is 51.1 Å². The quantitative estimate of drug-likeness (QED) is 0.672. The predicted molar refractivity (Wildman–Crippen MR) is 78.3 cm³/mol. The Balaban J connectivity index is 2.21. The van der Waals surface area contributed by atoms with Gasteiger partial charge in [0.15, 0.2) is 0 Å². The summed E-state index contributed by atoms with van der Waals surface area (Å²) < 4.78 is 5.66.